The molecule has 0 fully saturated rings. The predicted molar refractivity (Wildman–Crippen MR) is 92.4 cm³/mol. The molecule has 22 heavy (non-hydrogen) atoms. The molecule has 3 heteroatoms. The van der Waals surface area contributed by atoms with Crippen molar-refractivity contribution in [3.8, 4) is 5.75 Å². The zero-order chi connectivity index (χ0) is 16.2. The topological polar surface area (TPSA) is 38.3 Å². The van der Waals surface area contributed by atoms with Crippen LogP contribution in [0.15, 0.2) is 24.3 Å². The number of carbonyl (C=O) groups is 1. The summed E-state index contributed by atoms with van der Waals surface area (Å²) in [5, 5.41) is 2.97. The van der Waals surface area contributed by atoms with Crippen LogP contribution < -0.4 is 10.1 Å². The number of hydrogen-bond donors (Lipinski definition) is 1. The number of unbranched alkanes of at least 4 members (excludes halogenated alkanes) is 3. The first-order valence-corrected chi connectivity index (χ1v) is 8.63. The van der Waals surface area contributed by atoms with Crippen molar-refractivity contribution in [1.29, 1.82) is 0 Å². The molecule has 1 aromatic carbocycles. The molecule has 0 radical (unpaired) electrons. The molecule has 1 rings (SSSR count). The highest BCUT2D eigenvalue weighted by molar-refractivity contribution is 5.75. The van der Waals surface area contributed by atoms with Crippen molar-refractivity contribution in [1.82, 2.24) is 5.32 Å². The monoisotopic (exact) mass is 305 g/mol. The second kappa shape index (κ2) is 11.1. The molecule has 124 valence electrons. The van der Waals surface area contributed by atoms with Crippen LogP contribution in [0.4, 0.5) is 0 Å². The molecule has 0 aliphatic rings. The third-order valence-corrected chi connectivity index (χ3v) is 3.72. The number of rotatable bonds is 11. The maximum absolute atomic E-state index is 11.6. The molecule has 0 aliphatic carbocycles. The fourth-order valence-electron chi connectivity index (χ4n) is 2.24. The summed E-state index contributed by atoms with van der Waals surface area (Å²) in [6.07, 6.45) is 6.05. The minimum absolute atomic E-state index is 0.134. The number of carbonyl (C=O) groups excluding carboxylic acids is 1. The normalized spacial score (nSPS) is 10.7. The highest BCUT2D eigenvalue weighted by Crippen LogP contribution is 2.18. The van der Waals surface area contributed by atoms with Gasteiger partial charge in [-0.05, 0) is 36.5 Å². The van der Waals surface area contributed by atoms with E-state index in [1.54, 1.807) is 0 Å². The van der Waals surface area contributed by atoms with Gasteiger partial charge in [0.25, 0.3) is 0 Å². The lowest BCUT2D eigenvalue weighted by Crippen LogP contribution is -2.24. The van der Waals surface area contributed by atoms with Crippen molar-refractivity contribution in [3.63, 3.8) is 0 Å². The zero-order valence-corrected chi connectivity index (χ0v) is 14.4. The summed E-state index contributed by atoms with van der Waals surface area (Å²) >= 11 is 0. The summed E-state index contributed by atoms with van der Waals surface area (Å²) in [4.78, 5) is 11.6. The lowest BCUT2D eigenvalue weighted by molar-refractivity contribution is -0.121. The van der Waals surface area contributed by atoms with Crippen LogP contribution in [0.3, 0.4) is 0 Å². The molecule has 3 nitrogen and oxygen atoms in total. The predicted octanol–water partition coefficient (Wildman–Crippen LogP) is 4.67. The second-order valence-electron chi connectivity index (χ2n) is 6.09. The summed E-state index contributed by atoms with van der Waals surface area (Å²) in [5.41, 5.74) is 1.31. The van der Waals surface area contributed by atoms with E-state index in [1.807, 2.05) is 12.1 Å². The molecule has 0 saturated heterocycles. The van der Waals surface area contributed by atoms with Gasteiger partial charge in [0.05, 0.1) is 6.61 Å². The Labute approximate surface area is 135 Å². The van der Waals surface area contributed by atoms with Gasteiger partial charge in [0.2, 0.25) is 5.91 Å². The van der Waals surface area contributed by atoms with Crippen LogP contribution in [0.25, 0.3) is 0 Å². The van der Waals surface area contributed by atoms with Gasteiger partial charge in [-0.2, -0.15) is 0 Å². The quantitative estimate of drug-likeness (QED) is 0.604. The molecule has 1 aromatic rings. The van der Waals surface area contributed by atoms with Crippen molar-refractivity contribution in [2.45, 2.75) is 65.2 Å². The Morgan fingerprint density at radius 3 is 2.45 bits per heavy atom. The Kier molecular flexibility index (Phi) is 9.36. The average molecular weight is 305 g/mol. The van der Waals surface area contributed by atoms with Gasteiger partial charge in [0.15, 0.2) is 0 Å². The molecule has 1 N–H and O–H groups in total. The zero-order valence-electron chi connectivity index (χ0n) is 14.4. The van der Waals surface area contributed by atoms with Crippen molar-refractivity contribution >= 4 is 5.91 Å². The lowest BCUT2D eigenvalue weighted by Gasteiger charge is -2.09. The maximum Gasteiger partial charge on any atom is 0.220 e. The summed E-state index contributed by atoms with van der Waals surface area (Å²) in [7, 11) is 0. The molecular formula is C19H31NO2. The van der Waals surface area contributed by atoms with E-state index in [4.69, 9.17) is 4.74 Å². The van der Waals surface area contributed by atoms with Crippen LogP contribution >= 0.6 is 0 Å². The summed E-state index contributed by atoms with van der Waals surface area (Å²) < 4.78 is 5.67. The van der Waals surface area contributed by atoms with E-state index in [-0.39, 0.29) is 5.91 Å². The van der Waals surface area contributed by atoms with Gasteiger partial charge < -0.3 is 10.1 Å². The highest BCUT2D eigenvalue weighted by atomic mass is 16.5. The fourth-order valence-corrected chi connectivity index (χ4v) is 2.24. The van der Waals surface area contributed by atoms with Gasteiger partial charge in [-0.15, -0.1) is 0 Å². The Balaban J connectivity index is 2.08. The Hall–Kier alpha value is -1.51. The molecule has 0 aromatic heterocycles. The van der Waals surface area contributed by atoms with Crippen molar-refractivity contribution in [3.05, 3.63) is 29.8 Å². The van der Waals surface area contributed by atoms with E-state index in [2.05, 4.69) is 38.2 Å². The number of amides is 1. The van der Waals surface area contributed by atoms with E-state index in [0.717, 1.165) is 25.1 Å². The van der Waals surface area contributed by atoms with Crippen LogP contribution in [0.1, 0.15) is 70.8 Å². The smallest absolute Gasteiger partial charge is 0.220 e. The Morgan fingerprint density at radius 1 is 1.09 bits per heavy atom. The van der Waals surface area contributed by atoms with Gasteiger partial charge in [0.1, 0.15) is 5.75 Å². The van der Waals surface area contributed by atoms with E-state index in [0.29, 0.717) is 18.9 Å². The number of benzene rings is 1. The summed E-state index contributed by atoms with van der Waals surface area (Å²) in [6.45, 7) is 7.93. The first-order chi connectivity index (χ1) is 10.6. The number of hydrogen-bond acceptors (Lipinski definition) is 2. The molecule has 0 spiro atoms. The van der Waals surface area contributed by atoms with Crippen molar-refractivity contribution in [2.24, 2.45) is 0 Å². The van der Waals surface area contributed by atoms with Crippen LogP contribution in [0, 0.1) is 0 Å². The third-order valence-electron chi connectivity index (χ3n) is 3.72. The molecule has 0 bridgehead atoms. The van der Waals surface area contributed by atoms with E-state index >= 15 is 0 Å². The molecule has 0 heterocycles. The highest BCUT2D eigenvalue weighted by Gasteiger charge is 2.02. The van der Waals surface area contributed by atoms with Gasteiger partial charge >= 0.3 is 0 Å². The summed E-state index contributed by atoms with van der Waals surface area (Å²) in [5.74, 6) is 1.55. The van der Waals surface area contributed by atoms with E-state index in [1.165, 1.54) is 24.8 Å². The van der Waals surface area contributed by atoms with Crippen LogP contribution in [-0.4, -0.2) is 19.1 Å². The van der Waals surface area contributed by atoms with Gasteiger partial charge in [-0.25, -0.2) is 0 Å². The lowest BCUT2D eigenvalue weighted by atomic mass is 10.0. The SMILES string of the molecule is CCCCCCNC(=O)CCCOc1ccc(C(C)C)cc1. The molecule has 1 amide bonds. The second-order valence-corrected chi connectivity index (χ2v) is 6.09. The average Bonchev–Trinajstić information content (AvgIpc) is 2.52. The van der Waals surface area contributed by atoms with Gasteiger partial charge in [-0.3, -0.25) is 4.79 Å². The largest absolute Gasteiger partial charge is 0.494 e. The maximum atomic E-state index is 11.6. The number of nitrogens with one attached hydrogen (secondary N) is 1. The van der Waals surface area contributed by atoms with Gasteiger partial charge in [0, 0.05) is 13.0 Å². The minimum atomic E-state index is 0.134. The minimum Gasteiger partial charge on any atom is -0.494 e. The Bertz CT molecular complexity index is 412. The molecule has 0 aliphatic heterocycles. The van der Waals surface area contributed by atoms with Gasteiger partial charge in [-0.1, -0.05) is 52.2 Å². The fraction of sp³-hybridized carbons (Fsp3) is 0.632. The van der Waals surface area contributed by atoms with Crippen molar-refractivity contribution in [2.75, 3.05) is 13.2 Å². The van der Waals surface area contributed by atoms with Crippen LogP contribution in [0.5, 0.6) is 5.75 Å². The van der Waals surface area contributed by atoms with E-state index in [9.17, 15) is 4.79 Å². The molecular weight excluding hydrogens is 274 g/mol. The first-order valence-electron chi connectivity index (χ1n) is 8.63. The molecule has 0 atom stereocenters. The van der Waals surface area contributed by atoms with E-state index < -0.39 is 0 Å². The third kappa shape index (κ3) is 8.06. The van der Waals surface area contributed by atoms with Crippen molar-refractivity contribution < 1.29 is 9.53 Å². The van der Waals surface area contributed by atoms with Crippen LogP contribution in [0.2, 0.25) is 0 Å². The number of ether oxygens (including phenoxy) is 1. The molecule has 0 unspecified atom stereocenters. The first kappa shape index (κ1) is 18.5. The molecule has 0 saturated carbocycles. The summed E-state index contributed by atoms with van der Waals surface area (Å²) in [6, 6.07) is 8.21. The van der Waals surface area contributed by atoms with Crippen LogP contribution in [-0.2, 0) is 4.79 Å². The Morgan fingerprint density at radius 2 is 1.82 bits per heavy atom. The standard InChI is InChI=1S/C19H31NO2/c1-4-5-6-7-14-20-19(21)9-8-15-22-18-12-10-17(11-13-18)16(2)3/h10-13,16H,4-9,14-15H2,1-3H3,(H,20,21).